The molecule has 20 heavy (non-hydrogen) atoms. The summed E-state index contributed by atoms with van der Waals surface area (Å²) in [5.74, 6) is 2.50. The number of methoxy groups -OCH3 is 2. The summed E-state index contributed by atoms with van der Waals surface area (Å²) in [4.78, 5) is 0. The number of hydrogen-bond acceptors (Lipinski definition) is 2. The van der Waals surface area contributed by atoms with Crippen LogP contribution in [0.3, 0.4) is 0 Å². The maximum absolute atomic E-state index is 14.3. The van der Waals surface area contributed by atoms with Gasteiger partial charge in [-0.25, -0.2) is 4.39 Å². The van der Waals surface area contributed by atoms with Gasteiger partial charge in [-0.2, -0.15) is 0 Å². The van der Waals surface area contributed by atoms with E-state index in [-0.39, 0.29) is 11.2 Å². The second-order valence-corrected chi connectivity index (χ2v) is 6.44. The summed E-state index contributed by atoms with van der Waals surface area (Å²) in [6.07, 6.45) is 4.96. The van der Waals surface area contributed by atoms with Crippen molar-refractivity contribution < 1.29 is 13.9 Å². The van der Waals surface area contributed by atoms with Crippen LogP contribution in [0.2, 0.25) is 0 Å². The third-order valence-corrected chi connectivity index (χ3v) is 5.53. The Morgan fingerprint density at radius 2 is 1.85 bits per heavy atom. The molecule has 1 aromatic carbocycles. The molecule has 0 N–H and O–H groups in total. The van der Waals surface area contributed by atoms with Crippen LogP contribution in [0.15, 0.2) is 12.1 Å². The Kier molecular flexibility index (Phi) is 3.80. The molecule has 3 rings (SSSR count). The van der Waals surface area contributed by atoms with Crippen molar-refractivity contribution in [3.05, 3.63) is 23.5 Å². The fourth-order valence-electron chi connectivity index (χ4n) is 3.96. The fraction of sp³-hybridized carbons (Fsp3) is 0.625. The number of hydrogen-bond donors (Lipinski definition) is 0. The number of halogens is 2. The second-order valence-electron chi connectivity index (χ2n) is 5.97. The van der Waals surface area contributed by atoms with Crippen molar-refractivity contribution in [2.75, 3.05) is 14.2 Å². The van der Waals surface area contributed by atoms with Crippen LogP contribution >= 0.6 is 11.6 Å². The van der Waals surface area contributed by atoms with Gasteiger partial charge < -0.3 is 9.47 Å². The van der Waals surface area contributed by atoms with E-state index < -0.39 is 0 Å². The quantitative estimate of drug-likeness (QED) is 0.759. The third-order valence-electron chi connectivity index (χ3n) is 4.97. The van der Waals surface area contributed by atoms with Gasteiger partial charge in [-0.3, -0.25) is 0 Å². The predicted octanol–water partition coefficient (Wildman–Crippen LogP) is 4.56. The molecule has 2 aliphatic rings. The average Bonchev–Trinajstić information content (AvgIpc) is 3.08. The van der Waals surface area contributed by atoms with Gasteiger partial charge in [0.2, 0.25) is 0 Å². The second kappa shape index (κ2) is 5.44. The third kappa shape index (κ3) is 2.26. The number of ether oxygens (including phenoxy) is 2. The van der Waals surface area contributed by atoms with E-state index in [9.17, 15) is 4.39 Å². The molecule has 0 spiro atoms. The van der Waals surface area contributed by atoms with Gasteiger partial charge in [0.25, 0.3) is 0 Å². The lowest BCUT2D eigenvalue weighted by Crippen LogP contribution is -2.17. The molecule has 0 aromatic heterocycles. The summed E-state index contributed by atoms with van der Waals surface area (Å²) in [5, 5.41) is -0.273. The minimum atomic E-state index is -0.301. The fourth-order valence-corrected chi connectivity index (χ4v) is 4.44. The summed E-state index contributed by atoms with van der Waals surface area (Å²) in [6.45, 7) is 0. The lowest BCUT2D eigenvalue weighted by atomic mass is 9.83. The van der Waals surface area contributed by atoms with Crippen LogP contribution in [0.25, 0.3) is 0 Å². The Hall–Kier alpha value is -0.960. The lowest BCUT2D eigenvalue weighted by Gasteiger charge is -2.27. The van der Waals surface area contributed by atoms with Gasteiger partial charge in [0.1, 0.15) is 5.82 Å². The molecule has 110 valence electrons. The first kappa shape index (κ1) is 14.0. The minimum Gasteiger partial charge on any atom is -0.493 e. The highest BCUT2D eigenvalue weighted by molar-refractivity contribution is 6.21. The molecule has 4 atom stereocenters. The van der Waals surface area contributed by atoms with E-state index in [0.717, 1.165) is 12.3 Å². The summed E-state index contributed by atoms with van der Waals surface area (Å²) in [7, 11) is 3.06. The van der Waals surface area contributed by atoms with Crippen molar-refractivity contribution in [2.45, 2.75) is 31.1 Å². The Labute approximate surface area is 124 Å². The molecule has 2 bridgehead atoms. The smallest absolute Gasteiger partial charge is 0.163 e. The molecule has 4 unspecified atom stereocenters. The Balaban J connectivity index is 1.89. The zero-order valence-electron chi connectivity index (χ0n) is 11.9. The molecule has 0 radical (unpaired) electrons. The van der Waals surface area contributed by atoms with E-state index in [0.29, 0.717) is 28.9 Å². The number of rotatable bonds is 4. The molecule has 1 aromatic rings. The Bertz CT molecular complexity index is 505. The highest BCUT2D eigenvalue weighted by Gasteiger charge is 2.43. The topological polar surface area (TPSA) is 18.5 Å². The molecule has 2 fully saturated rings. The van der Waals surface area contributed by atoms with Crippen molar-refractivity contribution in [1.29, 1.82) is 0 Å². The predicted molar refractivity (Wildman–Crippen MR) is 77.0 cm³/mol. The van der Waals surface area contributed by atoms with Crippen molar-refractivity contribution in [3.63, 3.8) is 0 Å². The van der Waals surface area contributed by atoms with E-state index in [4.69, 9.17) is 21.1 Å². The number of alkyl halides is 1. The van der Waals surface area contributed by atoms with E-state index in [1.54, 1.807) is 13.2 Å². The number of benzene rings is 1. The monoisotopic (exact) mass is 298 g/mol. The largest absolute Gasteiger partial charge is 0.493 e. The molecule has 0 aliphatic heterocycles. The zero-order chi connectivity index (χ0) is 14.3. The summed E-state index contributed by atoms with van der Waals surface area (Å²) < 4.78 is 24.7. The van der Waals surface area contributed by atoms with Crippen LogP contribution < -0.4 is 9.47 Å². The van der Waals surface area contributed by atoms with Gasteiger partial charge in [-0.15, -0.1) is 11.6 Å². The number of fused-ring (bicyclic) bond motifs is 2. The van der Waals surface area contributed by atoms with Crippen LogP contribution in [-0.2, 0) is 0 Å². The van der Waals surface area contributed by atoms with Crippen LogP contribution in [-0.4, -0.2) is 14.2 Å². The van der Waals surface area contributed by atoms with Crippen LogP contribution in [0, 0.1) is 23.6 Å². The Morgan fingerprint density at radius 3 is 2.40 bits per heavy atom. The van der Waals surface area contributed by atoms with Gasteiger partial charge >= 0.3 is 0 Å². The summed E-state index contributed by atoms with van der Waals surface area (Å²) >= 11 is 6.60. The molecule has 4 heteroatoms. The minimum absolute atomic E-state index is 0.273. The molecule has 2 saturated carbocycles. The molecule has 2 aliphatic carbocycles. The Morgan fingerprint density at radius 1 is 1.15 bits per heavy atom. The van der Waals surface area contributed by atoms with Crippen molar-refractivity contribution in [1.82, 2.24) is 0 Å². The van der Waals surface area contributed by atoms with E-state index in [1.165, 1.54) is 32.4 Å². The molecule has 0 saturated heterocycles. The first-order chi connectivity index (χ1) is 9.63. The maximum atomic E-state index is 14.3. The first-order valence-corrected chi connectivity index (χ1v) is 7.63. The van der Waals surface area contributed by atoms with Gasteiger partial charge in [0.05, 0.1) is 19.6 Å². The SMILES string of the molecule is COc1cc(F)c(C(Cl)C2CC3CCC2C3)cc1OC. The standard InChI is InChI=1S/C16H20ClFO2/c1-19-14-7-12(13(18)8-15(14)20-2)16(17)11-6-9-3-4-10(11)5-9/h7-11,16H,3-6H2,1-2H3. The van der Waals surface area contributed by atoms with Crippen molar-refractivity contribution >= 4 is 11.6 Å². The maximum Gasteiger partial charge on any atom is 0.163 e. The highest BCUT2D eigenvalue weighted by Crippen LogP contribution is 2.55. The highest BCUT2D eigenvalue weighted by atomic mass is 35.5. The molecule has 0 heterocycles. The lowest BCUT2D eigenvalue weighted by molar-refractivity contribution is 0.317. The van der Waals surface area contributed by atoms with Gasteiger partial charge in [0, 0.05) is 11.6 Å². The van der Waals surface area contributed by atoms with E-state index in [1.807, 2.05) is 0 Å². The van der Waals surface area contributed by atoms with Crippen molar-refractivity contribution in [2.24, 2.45) is 17.8 Å². The van der Waals surface area contributed by atoms with Crippen LogP contribution in [0.4, 0.5) is 4.39 Å². The summed E-state index contributed by atoms with van der Waals surface area (Å²) in [6, 6.07) is 3.06. The van der Waals surface area contributed by atoms with Gasteiger partial charge in [-0.05, 0) is 43.1 Å². The van der Waals surface area contributed by atoms with E-state index >= 15 is 0 Å². The summed E-state index contributed by atoms with van der Waals surface area (Å²) in [5.41, 5.74) is 0.543. The average molecular weight is 299 g/mol. The molecular formula is C16H20ClFO2. The molecule has 0 amide bonds. The van der Waals surface area contributed by atoms with Crippen LogP contribution in [0.5, 0.6) is 11.5 Å². The van der Waals surface area contributed by atoms with Gasteiger partial charge in [-0.1, -0.05) is 6.42 Å². The van der Waals surface area contributed by atoms with Crippen LogP contribution in [0.1, 0.15) is 36.6 Å². The van der Waals surface area contributed by atoms with E-state index in [2.05, 4.69) is 0 Å². The van der Waals surface area contributed by atoms with Gasteiger partial charge in [0.15, 0.2) is 11.5 Å². The normalized spacial score (nSPS) is 29.5. The zero-order valence-corrected chi connectivity index (χ0v) is 12.6. The first-order valence-electron chi connectivity index (χ1n) is 7.19. The molecular weight excluding hydrogens is 279 g/mol. The van der Waals surface area contributed by atoms with Crippen molar-refractivity contribution in [3.8, 4) is 11.5 Å². The molecule has 2 nitrogen and oxygen atoms in total.